The van der Waals surface area contributed by atoms with E-state index in [9.17, 15) is 9.00 Å². The molecule has 194 valence electrons. The molecular weight excluding hydrogens is 469 g/mol. The summed E-state index contributed by atoms with van der Waals surface area (Å²) >= 11 is 0. The number of allylic oxidation sites excluding steroid dienone is 2. The monoisotopic (exact) mass is 509 g/mol. The number of hydrogen-bond acceptors (Lipinski definition) is 2. The summed E-state index contributed by atoms with van der Waals surface area (Å²) in [5, 5.41) is 0. The van der Waals surface area contributed by atoms with E-state index in [1.807, 2.05) is 31.1 Å². The van der Waals surface area contributed by atoms with Gasteiger partial charge in [0.25, 0.3) is 0 Å². The van der Waals surface area contributed by atoms with Crippen molar-refractivity contribution in [1.82, 2.24) is 0 Å². The fraction of sp³-hybridized carbons (Fsp3) is 0.484. The predicted molar refractivity (Wildman–Crippen MR) is 153 cm³/mol. The molecule has 4 rings (SSSR count). The molecule has 0 aromatic heterocycles. The molecule has 2 aliphatic rings. The Hall–Kier alpha value is -2.40. The maximum absolute atomic E-state index is 15.7. The molecule has 2 aromatic rings. The molecule has 1 unspecified atom stereocenters. The van der Waals surface area contributed by atoms with E-state index in [2.05, 4.69) is 32.7 Å². The number of rotatable bonds is 6. The summed E-state index contributed by atoms with van der Waals surface area (Å²) in [5.74, 6) is 4.39. The van der Waals surface area contributed by atoms with Crippen LogP contribution in [0.3, 0.4) is 0 Å². The summed E-state index contributed by atoms with van der Waals surface area (Å²) in [7, 11) is -2.68. The molecule has 5 heteroatoms. The highest BCUT2D eigenvalue weighted by Gasteiger charge is 2.39. The number of nitrogens with zero attached hydrogens (tertiary/aromatic N) is 1. The van der Waals surface area contributed by atoms with Crippen molar-refractivity contribution >= 4 is 32.6 Å². The summed E-state index contributed by atoms with van der Waals surface area (Å²) in [6.45, 7) is 14.2. The SMILES string of the molecule is C=S(=O)(CC)N1c2c(C)c(CC(C)=O)c(C3=CCC(C)(C)CC3)c(C)c2-c2c(F)cccc2[C@@H]1CC. The summed E-state index contributed by atoms with van der Waals surface area (Å²) in [6, 6.07) is 4.98. The Morgan fingerprint density at radius 1 is 1.17 bits per heavy atom. The van der Waals surface area contributed by atoms with Gasteiger partial charge in [-0.3, -0.25) is 9.10 Å². The van der Waals surface area contributed by atoms with Gasteiger partial charge in [0.2, 0.25) is 0 Å². The fourth-order valence-electron chi connectivity index (χ4n) is 6.12. The molecule has 1 aliphatic heterocycles. The number of hydrogen-bond donors (Lipinski definition) is 0. The van der Waals surface area contributed by atoms with Crippen LogP contribution in [-0.4, -0.2) is 21.6 Å². The highest BCUT2D eigenvalue weighted by atomic mass is 32.2. The number of halogens is 1. The van der Waals surface area contributed by atoms with Crippen LogP contribution in [0.1, 0.15) is 94.2 Å². The van der Waals surface area contributed by atoms with Crippen LogP contribution in [0.25, 0.3) is 16.7 Å². The smallest absolute Gasteiger partial charge is 0.134 e. The first-order valence-electron chi connectivity index (χ1n) is 13.1. The van der Waals surface area contributed by atoms with Crippen LogP contribution in [0.15, 0.2) is 24.3 Å². The summed E-state index contributed by atoms with van der Waals surface area (Å²) in [6.07, 6.45) is 6.24. The van der Waals surface area contributed by atoms with Crippen LogP contribution in [0.4, 0.5) is 10.1 Å². The van der Waals surface area contributed by atoms with E-state index < -0.39 is 9.71 Å². The Kier molecular flexibility index (Phi) is 7.02. The van der Waals surface area contributed by atoms with Crippen molar-refractivity contribution in [3.05, 3.63) is 57.9 Å². The molecule has 0 fully saturated rings. The lowest BCUT2D eigenvalue weighted by Crippen LogP contribution is -2.39. The van der Waals surface area contributed by atoms with Crippen molar-refractivity contribution in [2.24, 2.45) is 5.41 Å². The van der Waals surface area contributed by atoms with E-state index in [4.69, 9.17) is 0 Å². The minimum atomic E-state index is -2.68. The van der Waals surface area contributed by atoms with Crippen molar-refractivity contribution < 1.29 is 13.4 Å². The van der Waals surface area contributed by atoms with Gasteiger partial charge in [-0.25, -0.2) is 8.60 Å². The molecule has 0 saturated carbocycles. The van der Waals surface area contributed by atoms with Gasteiger partial charge in [0.05, 0.1) is 11.7 Å². The molecule has 3 nitrogen and oxygen atoms in total. The number of ketones is 1. The standard InChI is InChI=1S/C31H40FNO2S/c1-9-26-23-12-11-13-25(32)29(23)28-21(5)27(22-14-16-31(6,7)17-15-22)24(18-19(3)34)20(4)30(28)33(26)36(8,35)10-2/h11-14,26H,8-10,15-18H2,1-7H3/t26-,36?/m0/s1. The molecule has 0 spiro atoms. The number of carbonyl (C=O) groups excluding carboxylic acids is 1. The normalized spacial score (nSPS) is 20.3. The highest BCUT2D eigenvalue weighted by Crippen LogP contribution is 2.54. The van der Waals surface area contributed by atoms with Gasteiger partial charge < -0.3 is 0 Å². The van der Waals surface area contributed by atoms with Gasteiger partial charge in [-0.05, 0) is 97.2 Å². The topological polar surface area (TPSA) is 37.4 Å². The summed E-state index contributed by atoms with van der Waals surface area (Å²) < 4.78 is 31.7. The van der Waals surface area contributed by atoms with E-state index in [-0.39, 0.29) is 23.1 Å². The quantitative estimate of drug-likeness (QED) is 0.373. The molecule has 0 saturated heterocycles. The maximum atomic E-state index is 15.7. The van der Waals surface area contributed by atoms with E-state index in [0.29, 0.717) is 24.2 Å². The van der Waals surface area contributed by atoms with Gasteiger partial charge in [-0.15, -0.1) is 0 Å². The van der Waals surface area contributed by atoms with Gasteiger partial charge in [0.15, 0.2) is 0 Å². The molecule has 1 heterocycles. The zero-order valence-electron chi connectivity index (χ0n) is 22.9. The molecule has 2 atom stereocenters. The highest BCUT2D eigenvalue weighted by molar-refractivity contribution is 8.01. The second kappa shape index (κ2) is 9.48. The number of carbonyl (C=O) groups is 1. The molecular formula is C31H40FNO2S. The zero-order valence-corrected chi connectivity index (χ0v) is 23.7. The van der Waals surface area contributed by atoms with E-state index in [1.54, 1.807) is 13.0 Å². The van der Waals surface area contributed by atoms with E-state index >= 15 is 4.39 Å². The first-order chi connectivity index (χ1) is 16.8. The average molecular weight is 510 g/mol. The zero-order chi connectivity index (χ0) is 26.6. The van der Waals surface area contributed by atoms with Crippen LogP contribution in [0.5, 0.6) is 0 Å². The molecule has 0 bridgehead atoms. The molecule has 1 aliphatic carbocycles. The molecule has 0 radical (unpaired) electrons. The Morgan fingerprint density at radius 2 is 1.86 bits per heavy atom. The summed E-state index contributed by atoms with van der Waals surface area (Å²) in [4.78, 5) is 12.5. The first-order valence-corrected chi connectivity index (χ1v) is 15.0. The van der Waals surface area contributed by atoms with Crippen LogP contribution >= 0.6 is 0 Å². The summed E-state index contributed by atoms with van der Waals surface area (Å²) in [5.41, 5.74) is 8.49. The molecule has 0 amide bonds. The van der Waals surface area contributed by atoms with Crippen LogP contribution in [0, 0.1) is 25.1 Å². The fourth-order valence-corrected chi connectivity index (χ4v) is 7.69. The Morgan fingerprint density at radius 3 is 2.42 bits per heavy atom. The van der Waals surface area contributed by atoms with Crippen molar-refractivity contribution in [3.8, 4) is 11.1 Å². The van der Waals surface area contributed by atoms with Crippen molar-refractivity contribution in [3.63, 3.8) is 0 Å². The van der Waals surface area contributed by atoms with Crippen molar-refractivity contribution in [1.29, 1.82) is 0 Å². The van der Waals surface area contributed by atoms with Crippen LogP contribution in [0.2, 0.25) is 0 Å². The largest absolute Gasteiger partial charge is 0.300 e. The second-order valence-electron chi connectivity index (χ2n) is 11.3. The predicted octanol–water partition coefficient (Wildman–Crippen LogP) is 7.76. The van der Waals surface area contributed by atoms with E-state index in [0.717, 1.165) is 58.3 Å². The first kappa shape index (κ1) is 26.7. The molecule has 36 heavy (non-hydrogen) atoms. The third-order valence-corrected chi connectivity index (χ3v) is 10.2. The van der Waals surface area contributed by atoms with Gasteiger partial charge >= 0.3 is 0 Å². The van der Waals surface area contributed by atoms with Crippen LogP contribution in [-0.2, 0) is 20.9 Å². The minimum absolute atomic E-state index is 0.0854. The minimum Gasteiger partial charge on any atom is -0.300 e. The van der Waals surface area contributed by atoms with Crippen molar-refractivity contribution in [2.75, 3.05) is 10.1 Å². The Bertz CT molecular complexity index is 1370. The van der Waals surface area contributed by atoms with Gasteiger partial charge in [-0.1, -0.05) is 45.9 Å². The maximum Gasteiger partial charge on any atom is 0.134 e. The lowest BCUT2D eigenvalue weighted by molar-refractivity contribution is -0.116. The average Bonchev–Trinajstić information content (AvgIpc) is 2.81. The molecule has 0 N–H and O–H groups in total. The second-order valence-corrected chi connectivity index (χ2v) is 13.8. The van der Waals surface area contributed by atoms with E-state index in [1.165, 1.54) is 11.6 Å². The van der Waals surface area contributed by atoms with Gasteiger partial charge in [0.1, 0.15) is 11.6 Å². The Balaban J connectivity index is 2.17. The number of Topliss-reactive ketones (excluding diaryl/α,β-unsaturated/α-hetero) is 1. The number of fused-ring (bicyclic) bond motifs is 3. The van der Waals surface area contributed by atoms with Crippen LogP contribution < -0.4 is 4.31 Å². The number of anilines is 1. The molecule has 2 aromatic carbocycles. The van der Waals surface area contributed by atoms with Gasteiger partial charge in [0, 0.05) is 33.0 Å². The number of benzene rings is 2. The van der Waals surface area contributed by atoms with Gasteiger partial charge in [-0.2, -0.15) is 0 Å². The van der Waals surface area contributed by atoms with Crippen molar-refractivity contribution in [2.45, 2.75) is 86.6 Å². The lowest BCUT2D eigenvalue weighted by Gasteiger charge is -2.44. The Labute approximate surface area is 216 Å². The third-order valence-electron chi connectivity index (χ3n) is 8.17. The lowest BCUT2D eigenvalue weighted by atomic mass is 9.73. The third kappa shape index (κ3) is 4.34.